The van der Waals surface area contributed by atoms with Crippen LogP contribution >= 0.6 is 31.9 Å². The Balaban J connectivity index is 2.59. The highest BCUT2D eigenvalue weighted by atomic mass is 79.9. The Morgan fingerprint density at radius 3 is 2.24 bits per heavy atom. The van der Waals surface area contributed by atoms with Crippen molar-refractivity contribution in [1.29, 1.82) is 0 Å². The van der Waals surface area contributed by atoms with E-state index in [4.69, 9.17) is 4.74 Å². The molecular weight excluding hydrogens is 408 g/mol. The van der Waals surface area contributed by atoms with Crippen LogP contribution in [0.1, 0.15) is 17.2 Å². The Kier molecular flexibility index (Phi) is 5.35. The van der Waals surface area contributed by atoms with Gasteiger partial charge in [-0.2, -0.15) is 0 Å². The smallest absolute Gasteiger partial charge is 0.134 e. The fourth-order valence-electron chi connectivity index (χ4n) is 2.15. The third kappa shape index (κ3) is 3.44. The zero-order valence-corrected chi connectivity index (χ0v) is 14.6. The molecule has 2 aromatic rings. The zero-order chi connectivity index (χ0) is 15.6. The molecule has 2 aromatic carbocycles. The van der Waals surface area contributed by atoms with Crippen molar-refractivity contribution in [1.82, 2.24) is 5.32 Å². The molecule has 0 aliphatic rings. The van der Waals surface area contributed by atoms with Gasteiger partial charge in [0.25, 0.3) is 0 Å². The van der Waals surface area contributed by atoms with Gasteiger partial charge in [-0.1, -0.05) is 31.9 Å². The van der Waals surface area contributed by atoms with E-state index in [2.05, 4.69) is 37.2 Å². The van der Waals surface area contributed by atoms with E-state index in [-0.39, 0.29) is 11.3 Å². The van der Waals surface area contributed by atoms with Crippen molar-refractivity contribution < 1.29 is 13.5 Å². The topological polar surface area (TPSA) is 21.3 Å². The molecule has 0 heterocycles. The maximum Gasteiger partial charge on any atom is 0.134 e. The molecule has 6 heteroatoms. The Hall–Kier alpha value is -0.980. The van der Waals surface area contributed by atoms with E-state index in [1.54, 1.807) is 7.05 Å². The first-order valence-corrected chi connectivity index (χ1v) is 7.71. The van der Waals surface area contributed by atoms with E-state index in [0.29, 0.717) is 0 Å². The van der Waals surface area contributed by atoms with E-state index < -0.39 is 17.7 Å². The molecule has 0 aromatic heterocycles. The second-order valence-corrected chi connectivity index (χ2v) is 6.16. The van der Waals surface area contributed by atoms with Gasteiger partial charge in [-0.3, -0.25) is 0 Å². The van der Waals surface area contributed by atoms with Gasteiger partial charge in [0, 0.05) is 26.6 Å². The molecule has 0 saturated heterocycles. The number of ether oxygens (including phenoxy) is 1. The second kappa shape index (κ2) is 6.85. The minimum atomic E-state index is -0.655. The van der Waals surface area contributed by atoms with Crippen LogP contribution in [0.5, 0.6) is 5.75 Å². The molecule has 0 bridgehead atoms. The molecule has 0 radical (unpaired) electrons. The van der Waals surface area contributed by atoms with Crippen molar-refractivity contribution in [3.8, 4) is 5.75 Å². The lowest BCUT2D eigenvalue weighted by Gasteiger charge is -2.20. The summed E-state index contributed by atoms with van der Waals surface area (Å²) in [5, 5.41) is 2.95. The maximum atomic E-state index is 14.3. The van der Waals surface area contributed by atoms with Crippen molar-refractivity contribution >= 4 is 31.9 Å². The summed E-state index contributed by atoms with van der Waals surface area (Å²) in [6, 6.07) is 7.21. The van der Waals surface area contributed by atoms with Crippen LogP contribution < -0.4 is 10.1 Å². The first-order chi connectivity index (χ1) is 9.97. The number of benzene rings is 2. The van der Waals surface area contributed by atoms with Gasteiger partial charge in [-0.05, 0) is 30.8 Å². The Labute approximate surface area is 138 Å². The van der Waals surface area contributed by atoms with Crippen LogP contribution in [0.3, 0.4) is 0 Å². The van der Waals surface area contributed by atoms with Gasteiger partial charge < -0.3 is 10.1 Å². The quantitative estimate of drug-likeness (QED) is 0.766. The number of rotatable bonds is 4. The average molecular weight is 421 g/mol. The van der Waals surface area contributed by atoms with Crippen molar-refractivity contribution in [2.75, 3.05) is 14.2 Å². The van der Waals surface area contributed by atoms with Crippen molar-refractivity contribution in [2.24, 2.45) is 0 Å². The van der Waals surface area contributed by atoms with Gasteiger partial charge in [-0.15, -0.1) is 0 Å². The lowest BCUT2D eigenvalue weighted by molar-refractivity contribution is 0.403. The highest BCUT2D eigenvalue weighted by Gasteiger charge is 2.23. The third-order valence-corrected chi connectivity index (χ3v) is 4.35. The largest absolute Gasteiger partial charge is 0.497 e. The van der Waals surface area contributed by atoms with Crippen LogP contribution in [0.4, 0.5) is 8.78 Å². The molecule has 0 spiro atoms. The minimum absolute atomic E-state index is 0.0444. The van der Waals surface area contributed by atoms with Gasteiger partial charge in [0.2, 0.25) is 0 Å². The minimum Gasteiger partial charge on any atom is -0.497 e. The molecule has 0 amide bonds. The highest BCUT2D eigenvalue weighted by Crippen LogP contribution is 2.34. The zero-order valence-electron chi connectivity index (χ0n) is 11.4. The number of hydrogen-bond acceptors (Lipinski definition) is 2. The van der Waals surface area contributed by atoms with Crippen molar-refractivity contribution in [2.45, 2.75) is 6.04 Å². The van der Waals surface area contributed by atoms with E-state index in [0.717, 1.165) is 14.5 Å². The van der Waals surface area contributed by atoms with Gasteiger partial charge in [0.15, 0.2) is 0 Å². The fourth-order valence-corrected chi connectivity index (χ4v) is 3.00. The first kappa shape index (κ1) is 16.4. The van der Waals surface area contributed by atoms with E-state index >= 15 is 0 Å². The summed E-state index contributed by atoms with van der Waals surface area (Å²) in [5.74, 6) is -1.16. The van der Waals surface area contributed by atoms with E-state index in [1.165, 1.54) is 19.2 Å². The Bertz CT molecular complexity index is 641. The molecule has 112 valence electrons. The van der Waals surface area contributed by atoms with E-state index in [1.807, 2.05) is 18.2 Å². The summed E-state index contributed by atoms with van der Waals surface area (Å²) in [7, 11) is 3.02. The van der Waals surface area contributed by atoms with Crippen LogP contribution in [0.25, 0.3) is 0 Å². The monoisotopic (exact) mass is 419 g/mol. The van der Waals surface area contributed by atoms with Crippen LogP contribution in [0.15, 0.2) is 39.3 Å². The van der Waals surface area contributed by atoms with Crippen LogP contribution in [0.2, 0.25) is 0 Å². The van der Waals surface area contributed by atoms with E-state index in [9.17, 15) is 8.78 Å². The average Bonchev–Trinajstić information content (AvgIpc) is 2.45. The van der Waals surface area contributed by atoms with Crippen LogP contribution in [-0.4, -0.2) is 14.2 Å². The number of nitrogens with one attached hydrogen (secondary N) is 1. The lowest BCUT2D eigenvalue weighted by atomic mass is 9.97. The molecule has 1 N–H and O–H groups in total. The molecule has 0 aliphatic carbocycles. The number of hydrogen-bond donors (Lipinski definition) is 1. The summed E-state index contributed by atoms with van der Waals surface area (Å²) in [6.45, 7) is 0. The maximum absolute atomic E-state index is 14.3. The molecule has 2 nitrogen and oxygen atoms in total. The fraction of sp³-hybridized carbons (Fsp3) is 0.200. The number of halogens is 4. The van der Waals surface area contributed by atoms with Crippen LogP contribution in [-0.2, 0) is 0 Å². The normalized spacial score (nSPS) is 12.3. The predicted molar refractivity (Wildman–Crippen MR) is 85.7 cm³/mol. The molecule has 0 fully saturated rings. The summed E-state index contributed by atoms with van der Waals surface area (Å²) in [6.07, 6.45) is 0. The molecule has 0 aliphatic heterocycles. The molecule has 21 heavy (non-hydrogen) atoms. The van der Waals surface area contributed by atoms with Gasteiger partial charge >= 0.3 is 0 Å². The summed E-state index contributed by atoms with van der Waals surface area (Å²) in [5.41, 5.74) is 0.687. The molecular formula is C15H13Br2F2NO. The standard InChI is InChI=1S/C15H13Br2F2NO/c1-20-15(10-5-8(16)3-4-11(10)17)14-12(18)6-9(21-2)7-13(14)19/h3-7,15,20H,1-2H3. The van der Waals surface area contributed by atoms with Crippen molar-refractivity contribution in [3.63, 3.8) is 0 Å². The predicted octanol–water partition coefficient (Wildman–Crippen LogP) is 4.81. The van der Waals surface area contributed by atoms with Crippen molar-refractivity contribution in [3.05, 3.63) is 62.0 Å². The molecule has 0 saturated carbocycles. The SMILES string of the molecule is CNC(c1cc(Br)ccc1Br)c1c(F)cc(OC)cc1F. The Morgan fingerprint density at radius 1 is 1.10 bits per heavy atom. The summed E-state index contributed by atoms with van der Waals surface area (Å²) < 4.78 is 35.0. The summed E-state index contributed by atoms with van der Waals surface area (Å²) in [4.78, 5) is 0. The van der Waals surface area contributed by atoms with Gasteiger partial charge in [0.1, 0.15) is 17.4 Å². The van der Waals surface area contributed by atoms with Gasteiger partial charge in [0.05, 0.1) is 13.2 Å². The Morgan fingerprint density at radius 2 is 1.71 bits per heavy atom. The second-order valence-electron chi connectivity index (χ2n) is 4.39. The molecule has 1 atom stereocenters. The molecule has 1 unspecified atom stereocenters. The summed E-state index contributed by atoms with van der Waals surface area (Å²) >= 11 is 6.79. The highest BCUT2D eigenvalue weighted by molar-refractivity contribution is 9.11. The van der Waals surface area contributed by atoms with Crippen LogP contribution in [0, 0.1) is 11.6 Å². The first-order valence-electron chi connectivity index (χ1n) is 6.13. The third-order valence-electron chi connectivity index (χ3n) is 3.13. The number of methoxy groups -OCH3 is 1. The molecule has 2 rings (SSSR count). The van der Waals surface area contributed by atoms with Gasteiger partial charge in [-0.25, -0.2) is 8.78 Å². The lowest BCUT2D eigenvalue weighted by Crippen LogP contribution is -2.21.